The highest BCUT2D eigenvalue weighted by Crippen LogP contribution is 2.28. The number of halogens is 2. The third-order valence-corrected chi connectivity index (χ3v) is 6.14. The topological polar surface area (TPSA) is 80.4 Å². The number of amides is 2. The van der Waals surface area contributed by atoms with Gasteiger partial charge in [0, 0.05) is 36.5 Å². The molecule has 3 heterocycles. The Morgan fingerprint density at radius 3 is 2.62 bits per heavy atom. The van der Waals surface area contributed by atoms with Gasteiger partial charge in [-0.3, -0.25) is 9.59 Å². The van der Waals surface area contributed by atoms with E-state index >= 15 is 0 Å². The molecule has 2 aromatic heterocycles. The molecule has 0 bridgehead atoms. The summed E-state index contributed by atoms with van der Waals surface area (Å²) in [6.07, 6.45) is 5.05. The Labute approximate surface area is 183 Å². The zero-order valence-corrected chi connectivity index (χ0v) is 17.3. The number of likely N-dealkylation sites (tertiary alicyclic amines) is 1. The van der Waals surface area contributed by atoms with Crippen LogP contribution < -0.4 is 5.32 Å². The monoisotopic (exact) mass is 440 g/mol. The first kappa shape index (κ1) is 20.4. The van der Waals surface area contributed by atoms with E-state index in [-0.39, 0.29) is 17.9 Å². The maximum absolute atomic E-state index is 13.7. The number of hydrogen-bond donors (Lipinski definition) is 1. The van der Waals surface area contributed by atoms with E-state index in [1.165, 1.54) is 12.3 Å². The predicted octanol–water partition coefficient (Wildman–Crippen LogP) is 3.27. The molecule has 1 saturated heterocycles. The molecule has 1 aliphatic heterocycles. The van der Waals surface area contributed by atoms with Crippen molar-refractivity contribution in [2.45, 2.75) is 38.1 Å². The average Bonchev–Trinajstić information content (AvgIpc) is 3.54. The lowest BCUT2D eigenvalue weighted by Crippen LogP contribution is -2.46. The maximum atomic E-state index is 13.7. The summed E-state index contributed by atoms with van der Waals surface area (Å²) in [7, 11) is 0. The third-order valence-electron chi connectivity index (χ3n) is 6.14. The van der Waals surface area contributed by atoms with E-state index < -0.39 is 11.6 Å². The van der Waals surface area contributed by atoms with Gasteiger partial charge in [-0.2, -0.15) is 5.10 Å². The lowest BCUT2D eigenvalue weighted by Gasteiger charge is -2.31. The van der Waals surface area contributed by atoms with Crippen LogP contribution in [0.25, 0.3) is 5.69 Å². The van der Waals surface area contributed by atoms with Crippen LogP contribution in [0.3, 0.4) is 0 Å². The van der Waals surface area contributed by atoms with Crippen LogP contribution in [0, 0.1) is 11.6 Å². The molecule has 0 atom stereocenters. The molecule has 1 N–H and O–H groups in total. The van der Waals surface area contributed by atoms with Crippen LogP contribution in [0.1, 0.15) is 51.6 Å². The molecular formula is C23H22F2N4O3. The highest BCUT2D eigenvalue weighted by Gasteiger charge is 2.30. The quantitative estimate of drug-likeness (QED) is 0.675. The Morgan fingerprint density at radius 1 is 1.09 bits per heavy atom. The van der Waals surface area contributed by atoms with Crippen LogP contribution in [-0.2, 0) is 12.8 Å². The first-order valence-corrected chi connectivity index (χ1v) is 10.7. The van der Waals surface area contributed by atoms with Crippen molar-refractivity contribution in [2.75, 3.05) is 13.1 Å². The number of nitrogens with zero attached hydrogens (tertiary/aromatic N) is 3. The first-order valence-electron chi connectivity index (χ1n) is 10.7. The Morgan fingerprint density at radius 2 is 1.91 bits per heavy atom. The molecule has 7 nitrogen and oxygen atoms in total. The minimum atomic E-state index is -0.952. The molecule has 2 aliphatic rings. The lowest BCUT2D eigenvalue weighted by atomic mass is 10.0. The van der Waals surface area contributed by atoms with Gasteiger partial charge in [0.1, 0.15) is 0 Å². The van der Waals surface area contributed by atoms with Crippen LogP contribution in [0.15, 0.2) is 41.0 Å². The summed E-state index contributed by atoms with van der Waals surface area (Å²) in [6.45, 7) is 1.04. The number of rotatable bonds is 4. The molecule has 32 heavy (non-hydrogen) atoms. The van der Waals surface area contributed by atoms with Gasteiger partial charge in [0.15, 0.2) is 23.1 Å². The fraction of sp³-hybridized carbons (Fsp3) is 0.348. The second kappa shape index (κ2) is 8.22. The molecule has 166 valence electrons. The largest absolute Gasteiger partial charge is 0.459 e. The highest BCUT2D eigenvalue weighted by molar-refractivity contribution is 5.94. The Bertz CT molecular complexity index is 1160. The Kier molecular flexibility index (Phi) is 5.24. The van der Waals surface area contributed by atoms with Crippen molar-refractivity contribution in [1.82, 2.24) is 20.0 Å². The van der Waals surface area contributed by atoms with Gasteiger partial charge in [0.2, 0.25) is 0 Å². The van der Waals surface area contributed by atoms with E-state index in [9.17, 15) is 18.4 Å². The molecule has 0 radical (unpaired) electrons. The molecule has 1 aliphatic carbocycles. The molecule has 2 amide bonds. The van der Waals surface area contributed by atoms with E-state index in [1.807, 2.05) is 0 Å². The van der Waals surface area contributed by atoms with Gasteiger partial charge >= 0.3 is 0 Å². The van der Waals surface area contributed by atoms with E-state index in [0.717, 1.165) is 42.7 Å². The second-order valence-electron chi connectivity index (χ2n) is 8.15. The number of nitrogens with one attached hydrogen (secondary N) is 1. The summed E-state index contributed by atoms with van der Waals surface area (Å²) in [5, 5.41) is 7.49. The van der Waals surface area contributed by atoms with Crippen molar-refractivity contribution in [3.05, 3.63) is 70.9 Å². The van der Waals surface area contributed by atoms with Crippen molar-refractivity contribution in [3.8, 4) is 5.69 Å². The fourth-order valence-corrected chi connectivity index (χ4v) is 4.49. The lowest BCUT2D eigenvalue weighted by molar-refractivity contribution is 0.0667. The summed E-state index contributed by atoms with van der Waals surface area (Å²) >= 11 is 0. The van der Waals surface area contributed by atoms with Crippen molar-refractivity contribution in [2.24, 2.45) is 0 Å². The standard InChI is InChI=1S/C23H22F2N4O3/c24-17-7-6-15(13-18(17)25)29-19-4-1-3-16(19)21(27-29)22(30)26-14-8-10-28(11-9-14)23(31)20-5-2-12-32-20/h2,5-7,12-14H,1,3-4,8-11H2,(H,26,30). The average molecular weight is 440 g/mol. The van der Waals surface area contributed by atoms with Crippen molar-refractivity contribution in [3.63, 3.8) is 0 Å². The van der Waals surface area contributed by atoms with Gasteiger partial charge in [-0.25, -0.2) is 13.5 Å². The van der Waals surface area contributed by atoms with E-state index in [1.54, 1.807) is 21.7 Å². The normalized spacial score (nSPS) is 16.2. The number of benzene rings is 1. The third kappa shape index (κ3) is 3.68. The number of furan rings is 1. The van der Waals surface area contributed by atoms with Gasteiger partial charge < -0.3 is 14.6 Å². The van der Waals surface area contributed by atoms with Gasteiger partial charge in [-0.05, 0) is 56.4 Å². The van der Waals surface area contributed by atoms with E-state index in [2.05, 4.69) is 10.4 Å². The van der Waals surface area contributed by atoms with Crippen LogP contribution in [0.5, 0.6) is 0 Å². The molecule has 5 rings (SSSR count). The summed E-state index contributed by atoms with van der Waals surface area (Å²) in [5.41, 5.74) is 2.44. The van der Waals surface area contributed by atoms with E-state index in [4.69, 9.17) is 4.42 Å². The summed E-state index contributed by atoms with van der Waals surface area (Å²) in [5.74, 6) is -1.99. The highest BCUT2D eigenvalue weighted by atomic mass is 19.2. The first-order chi connectivity index (χ1) is 15.5. The predicted molar refractivity (Wildman–Crippen MR) is 111 cm³/mol. The maximum Gasteiger partial charge on any atom is 0.289 e. The smallest absolute Gasteiger partial charge is 0.289 e. The number of carbonyl (C=O) groups excluding carboxylic acids is 2. The van der Waals surface area contributed by atoms with E-state index in [0.29, 0.717) is 43.1 Å². The van der Waals surface area contributed by atoms with Gasteiger partial charge in [0.25, 0.3) is 11.8 Å². The zero-order valence-electron chi connectivity index (χ0n) is 17.3. The van der Waals surface area contributed by atoms with Gasteiger partial charge in [-0.1, -0.05) is 0 Å². The van der Waals surface area contributed by atoms with Crippen LogP contribution >= 0.6 is 0 Å². The van der Waals surface area contributed by atoms with Crippen molar-refractivity contribution in [1.29, 1.82) is 0 Å². The van der Waals surface area contributed by atoms with Crippen molar-refractivity contribution < 1.29 is 22.8 Å². The minimum absolute atomic E-state index is 0.0754. The molecule has 0 spiro atoms. The molecule has 1 fully saturated rings. The number of piperidine rings is 1. The summed E-state index contributed by atoms with van der Waals surface area (Å²) in [4.78, 5) is 27.1. The molecule has 3 aromatic rings. The van der Waals surface area contributed by atoms with Crippen LogP contribution in [-0.4, -0.2) is 45.6 Å². The molecule has 9 heteroatoms. The number of fused-ring (bicyclic) bond motifs is 1. The minimum Gasteiger partial charge on any atom is -0.459 e. The molecular weight excluding hydrogens is 418 g/mol. The zero-order chi connectivity index (χ0) is 22.2. The number of aromatic nitrogens is 2. The SMILES string of the molecule is O=C(NC1CCN(C(=O)c2ccco2)CC1)c1nn(-c2ccc(F)c(F)c2)c2c1CCC2. The molecule has 1 aromatic carbocycles. The van der Waals surface area contributed by atoms with Gasteiger partial charge in [0.05, 0.1) is 12.0 Å². The van der Waals surface area contributed by atoms with Crippen LogP contribution in [0.4, 0.5) is 8.78 Å². The fourth-order valence-electron chi connectivity index (χ4n) is 4.49. The van der Waals surface area contributed by atoms with Crippen LogP contribution in [0.2, 0.25) is 0 Å². The Balaban J connectivity index is 1.28. The summed E-state index contributed by atoms with van der Waals surface area (Å²) in [6, 6.07) is 6.85. The second-order valence-corrected chi connectivity index (χ2v) is 8.15. The van der Waals surface area contributed by atoms with Gasteiger partial charge in [-0.15, -0.1) is 0 Å². The molecule has 0 saturated carbocycles. The Hall–Kier alpha value is -3.49. The van der Waals surface area contributed by atoms with Crippen molar-refractivity contribution >= 4 is 11.8 Å². The summed E-state index contributed by atoms with van der Waals surface area (Å²) < 4.78 is 33.8. The molecule has 0 unspecified atom stereocenters. The number of hydrogen-bond acceptors (Lipinski definition) is 4. The number of carbonyl (C=O) groups is 2.